The maximum atomic E-state index is 12.7. The van der Waals surface area contributed by atoms with Gasteiger partial charge in [0.05, 0.1) is 12.2 Å². The molecule has 3 rings (SSSR count). The number of nitrogens with zero attached hydrogens (tertiary/aromatic N) is 3. The van der Waals surface area contributed by atoms with Crippen LogP contribution in [0, 0.1) is 20.8 Å². The van der Waals surface area contributed by atoms with Crippen molar-refractivity contribution >= 4 is 5.91 Å². The molecule has 0 aromatic carbocycles. The number of aryl methyl sites for hydroxylation is 3. The molecule has 0 spiro atoms. The van der Waals surface area contributed by atoms with Gasteiger partial charge in [0.25, 0.3) is 5.91 Å². The molecule has 3 aromatic rings. The normalized spacial score (nSPS) is 11.0. The van der Waals surface area contributed by atoms with E-state index < -0.39 is 0 Å². The van der Waals surface area contributed by atoms with Crippen LogP contribution in [0.1, 0.15) is 58.8 Å². The van der Waals surface area contributed by atoms with Crippen molar-refractivity contribution in [1.82, 2.24) is 20.3 Å². The third-order valence-corrected chi connectivity index (χ3v) is 4.24. The van der Waals surface area contributed by atoms with Gasteiger partial charge in [-0.1, -0.05) is 19.9 Å². The summed E-state index contributed by atoms with van der Waals surface area (Å²) in [7, 11) is 0. The molecule has 140 valence electrons. The predicted octanol–water partition coefficient (Wildman–Crippen LogP) is 4.11. The molecule has 0 aliphatic carbocycles. The average molecular weight is 364 g/mol. The molecule has 0 atom stereocenters. The highest BCUT2D eigenvalue weighted by Gasteiger charge is 2.16. The second-order valence-electron chi connectivity index (χ2n) is 6.96. The summed E-state index contributed by atoms with van der Waals surface area (Å²) in [5.41, 5.74) is 3.74. The quantitative estimate of drug-likeness (QED) is 0.737. The fourth-order valence-electron chi connectivity index (χ4n) is 2.65. The fraction of sp³-hybridized carbons (Fsp3) is 0.333. The minimum Gasteiger partial charge on any atom is -0.460 e. The number of carbonyl (C=O) groups is 1. The standard InChI is InChI=1S/C21H24N4O2/c1-12(2)20-24-16(19-9-8-15(5)27-19)10-17(25-20)21(26)22-11-18-13(3)6-7-14(4)23-18/h6-10,12H,11H2,1-5H3,(H,22,26). The van der Waals surface area contributed by atoms with E-state index >= 15 is 0 Å². The van der Waals surface area contributed by atoms with E-state index in [1.54, 1.807) is 6.07 Å². The Morgan fingerprint density at radius 1 is 1.07 bits per heavy atom. The first-order valence-corrected chi connectivity index (χ1v) is 9.00. The van der Waals surface area contributed by atoms with E-state index in [0.29, 0.717) is 29.5 Å². The molecular formula is C21H24N4O2. The average Bonchev–Trinajstić information content (AvgIpc) is 3.08. The van der Waals surface area contributed by atoms with Crippen LogP contribution in [0.4, 0.5) is 0 Å². The van der Waals surface area contributed by atoms with Gasteiger partial charge in [-0.15, -0.1) is 0 Å². The molecular weight excluding hydrogens is 340 g/mol. The first kappa shape index (κ1) is 18.8. The highest BCUT2D eigenvalue weighted by atomic mass is 16.3. The zero-order valence-electron chi connectivity index (χ0n) is 16.3. The lowest BCUT2D eigenvalue weighted by atomic mass is 10.1. The summed E-state index contributed by atoms with van der Waals surface area (Å²) >= 11 is 0. The fourth-order valence-corrected chi connectivity index (χ4v) is 2.65. The van der Waals surface area contributed by atoms with Crippen molar-refractivity contribution in [3.8, 4) is 11.5 Å². The highest BCUT2D eigenvalue weighted by molar-refractivity contribution is 5.93. The topological polar surface area (TPSA) is 80.9 Å². The number of nitrogens with one attached hydrogen (secondary N) is 1. The lowest BCUT2D eigenvalue weighted by molar-refractivity contribution is 0.0945. The van der Waals surface area contributed by atoms with Crippen LogP contribution in [-0.4, -0.2) is 20.9 Å². The number of rotatable bonds is 5. The van der Waals surface area contributed by atoms with Gasteiger partial charge in [-0.2, -0.15) is 0 Å². The molecule has 0 aliphatic rings. The summed E-state index contributed by atoms with van der Waals surface area (Å²) in [6, 6.07) is 9.35. The van der Waals surface area contributed by atoms with Crippen molar-refractivity contribution < 1.29 is 9.21 Å². The van der Waals surface area contributed by atoms with Gasteiger partial charge in [0.2, 0.25) is 0 Å². The van der Waals surface area contributed by atoms with Gasteiger partial charge in [-0.25, -0.2) is 9.97 Å². The Kier molecular flexibility index (Phi) is 5.35. The van der Waals surface area contributed by atoms with Crippen LogP contribution in [0.5, 0.6) is 0 Å². The number of pyridine rings is 1. The van der Waals surface area contributed by atoms with Crippen LogP contribution in [0.3, 0.4) is 0 Å². The Bertz CT molecular complexity index is 976. The number of amides is 1. The van der Waals surface area contributed by atoms with Gasteiger partial charge in [0.1, 0.15) is 23.0 Å². The third kappa shape index (κ3) is 4.39. The second kappa shape index (κ2) is 7.70. The number of hydrogen-bond donors (Lipinski definition) is 1. The van der Waals surface area contributed by atoms with E-state index in [0.717, 1.165) is 22.7 Å². The summed E-state index contributed by atoms with van der Waals surface area (Å²) in [5.74, 6) is 1.86. The van der Waals surface area contributed by atoms with Gasteiger partial charge in [0, 0.05) is 11.6 Å². The van der Waals surface area contributed by atoms with Crippen molar-refractivity contribution in [3.05, 3.63) is 64.6 Å². The molecule has 1 amide bonds. The van der Waals surface area contributed by atoms with Crippen molar-refractivity contribution in [3.63, 3.8) is 0 Å². The van der Waals surface area contributed by atoms with Crippen molar-refractivity contribution in [2.75, 3.05) is 0 Å². The molecule has 27 heavy (non-hydrogen) atoms. The highest BCUT2D eigenvalue weighted by Crippen LogP contribution is 2.22. The molecule has 0 saturated carbocycles. The van der Waals surface area contributed by atoms with Gasteiger partial charge in [0.15, 0.2) is 5.76 Å². The number of carbonyl (C=O) groups excluding carboxylic acids is 1. The van der Waals surface area contributed by atoms with Gasteiger partial charge in [-0.05, 0) is 50.6 Å². The number of aromatic nitrogens is 3. The van der Waals surface area contributed by atoms with E-state index in [1.807, 2.05) is 58.9 Å². The molecule has 1 N–H and O–H groups in total. The monoisotopic (exact) mass is 364 g/mol. The zero-order valence-corrected chi connectivity index (χ0v) is 16.3. The van der Waals surface area contributed by atoms with Crippen LogP contribution in [-0.2, 0) is 6.54 Å². The number of hydrogen-bond acceptors (Lipinski definition) is 5. The van der Waals surface area contributed by atoms with Gasteiger partial charge >= 0.3 is 0 Å². The Morgan fingerprint density at radius 2 is 1.85 bits per heavy atom. The molecule has 6 heteroatoms. The molecule has 3 aromatic heterocycles. The zero-order chi connectivity index (χ0) is 19.6. The third-order valence-electron chi connectivity index (χ3n) is 4.24. The van der Waals surface area contributed by atoms with E-state index in [1.165, 1.54) is 0 Å². The second-order valence-corrected chi connectivity index (χ2v) is 6.96. The van der Waals surface area contributed by atoms with E-state index in [9.17, 15) is 4.79 Å². The molecule has 0 fully saturated rings. The summed E-state index contributed by atoms with van der Waals surface area (Å²) in [4.78, 5) is 26.2. The molecule has 0 unspecified atom stereocenters. The Morgan fingerprint density at radius 3 is 2.52 bits per heavy atom. The van der Waals surface area contributed by atoms with Gasteiger partial charge in [-0.3, -0.25) is 9.78 Å². The van der Waals surface area contributed by atoms with E-state index in [2.05, 4.69) is 20.3 Å². The summed E-state index contributed by atoms with van der Waals surface area (Å²) < 4.78 is 5.67. The Balaban J connectivity index is 1.87. The predicted molar refractivity (Wildman–Crippen MR) is 103 cm³/mol. The van der Waals surface area contributed by atoms with Crippen molar-refractivity contribution in [2.24, 2.45) is 0 Å². The lowest BCUT2D eigenvalue weighted by Gasteiger charge is -2.11. The van der Waals surface area contributed by atoms with Crippen molar-refractivity contribution in [1.29, 1.82) is 0 Å². The summed E-state index contributed by atoms with van der Waals surface area (Å²) in [5, 5.41) is 2.91. The molecule has 0 radical (unpaired) electrons. The maximum absolute atomic E-state index is 12.7. The molecule has 0 saturated heterocycles. The minimum absolute atomic E-state index is 0.0910. The van der Waals surface area contributed by atoms with Gasteiger partial charge < -0.3 is 9.73 Å². The molecule has 3 heterocycles. The maximum Gasteiger partial charge on any atom is 0.270 e. The van der Waals surface area contributed by atoms with Crippen LogP contribution < -0.4 is 5.32 Å². The van der Waals surface area contributed by atoms with Crippen LogP contribution in [0.2, 0.25) is 0 Å². The van der Waals surface area contributed by atoms with Crippen molar-refractivity contribution in [2.45, 2.75) is 47.1 Å². The summed E-state index contributed by atoms with van der Waals surface area (Å²) in [6.45, 7) is 10.1. The summed E-state index contributed by atoms with van der Waals surface area (Å²) in [6.07, 6.45) is 0. The molecule has 0 aliphatic heterocycles. The van der Waals surface area contributed by atoms with Crippen LogP contribution >= 0.6 is 0 Å². The lowest BCUT2D eigenvalue weighted by Crippen LogP contribution is -2.25. The smallest absolute Gasteiger partial charge is 0.270 e. The Hall–Kier alpha value is -3.02. The SMILES string of the molecule is Cc1ccc(C)c(CNC(=O)c2cc(-c3ccc(C)o3)nc(C(C)C)n2)n1. The Labute approximate surface area is 159 Å². The van der Waals surface area contributed by atoms with Crippen LogP contribution in [0.15, 0.2) is 34.7 Å². The minimum atomic E-state index is -0.258. The molecule has 6 nitrogen and oxygen atoms in total. The number of furan rings is 1. The molecule has 0 bridgehead atoms. The largest absolute Gasteiger partial charge is 0.460 e. The van der Waals surface area contributed by atoms with Crippen LogP contribution in [0.25, 0.3) is 11.5 Å². The first-order valence-electron chi connectivity index (χ1n) is 9.00. The van der Waals surface area contributed by atoms with E-state index in [-0.39, 0.29) is 11.8 Å². The van der Waals surface area contributed by atoms with E-state index in [4.69, 9.17) is 4.42 Å². The first-order chi connectivity index (χ1) is 12.8.